The molecular formula is C22H29FN2O4S. The second-order valence-corrected chi connectivity index (χ2v) is 9.63. The van der Waals surface area contributed by atoms with Crippen molar-refractivity contribution in [1.29, 1.82) is 0 Å². The number of benzene rings is 2. The fourth-order valence-corrected chi connectivity index (χ4v) is 3.82. The van der Waals surface area contributed by atoms with Gasteiger partial charge in [-0.25, -0.2) is 12.8 Å². The minimum absolute atomic E-state index is 0.212. The summed E-state index contributed by atoms with van der Waals surface area (Å²) in [6.07, 6.45) is 1.69. The number of ether oxygens (including phenoxy) is 1. The lowest BCUT2D eigenvalue weighted by atomic mass is 9.97. The van der Waals surface area contributed by atoms with Gasteiger partial charge in [-0.1, -0.05) is 44.2 Å². The molecule has 0 fully saturated rings. The van der Waals surface area contributed by atoms with Crippen LogP contribution in [0.1, 0.15) is 37.4 Å². The van der Waals surface area contributed by atoms with Gasteiger partial charge in [0.05, 0.1) is 26.0 Å². The minimum Gasteiger partial charge on any atom is -0.497 e. The molecule has 0 unspecified atom stereocenters. The van der Waals surface area contributed by atoms with Crippen LogP contribution < -0.4 is 10.1 Å². The largest absolute Gasteiger partial charge is 0.497 e. The van der Waals surface area contributed by atoms with Crippen LogP contribution in [0.15, 0.2) is 48.5 Å². The van der Waals surface area contributed by atoms with Crippen molar-refractivity contribution in [2.75, 3.05) is 19.9 Å². The van der Waals surface area contributed by atoms with Crippen molar-refractivity contribution in [3.63, 3.8) is 0 Å². The number of nitrogens with zero attached hydrogens (tertiary/aromatic N) is 1. The van der Waals surface area contributed by atoms with Crippen molar-refractivity contribution >= 4 is 15.9 Å². The van der Waals surface area contributed by atoms with Crippen LogP contribution in [0.4, 0.5) is 4.39 Å². The van der Waals surface area contributed by atoms with Gasteiger partial charge in [0.1, 0.15) is 11.6 Å². The Labute approximate surface area is 178 Å². The maximum Gasteiger partial charge on any atom is 0.235 e. The van der Waals surface area contributed by atoms with Crippen molar-refractivity contribution in [3.05, 3.63) is 65.5 Å². The van der Waals surface area contributed by atoms with E-state index in [2.05, 4.69) is 5.32 Å². The van der Waals surface area contributed by atoms with E-state index >= 15 is 0 Å². The summed E-state index contributed by atoms with van der Waals surface area (Å²) in [6, 6.07) is 13.0. The van der Waals surface area contributed by atoms with Crippen LogP contribution in [0.5, 0.6) is 5.75 Å². The Balaban J connectivity index is 2.16. The highest BCUT2D eigenvalue weighted by Crippen LogP contribution is 2.24. The van der Waals surface area contributed by atoms with E-state index in [0.29, 0.717) is 18.1 Å². The Hall–Kier alpha value is -2.45. The van der Waals surface area contributed by atoms with Crippen molar-refractivity contribution in [3.8, 4) is 5.75 Å². The van der Waals surface area contributed by atoms with E-state index in [1.54, 1.807) is 13.2 Å². The Bertz CT molecular complexity index is 946. The van der Waals surface area contributed by atoms with E-state index in [0.717, 1.165) is 16.1 Å². The average molecular weight is 437 g/mol. The molecule has 0 spiro atoms. The number of carbonyl (C=O) groups is 1. The molecule has 0 radical (unpaired) electrons. The zero-order valence-electron chi connectivity index (χ0n) is 17.8. The van der Waals surface area contributed by atoms with Crippen LogP contribution in [0.2, 0.25) is 0 Å². The molecule has 2 rings (SSSR count). The van der Waals surface area contributed by atoms with Crippen LogP contribution in [0.25, 0.3) is 0 Å². The summed E-state index contributed by atoms with van der Waals surface area (Å²) in [5.74, 6) is 0.0593. The quantitative estimate of drug-likeness (QED) is 0.619. The normalized spacial score (nSPS) is 12.8. The number of hydrogen-bond acceptors (Lipinski definition) is 4. The molecule has 1 atom stereocenters. The van der Waals surface area contributed by atoms with Crippen molar-refractivity contribution in [2.24, 2.45) is 5.92 Å². The molecule has 6 nitrogen and oxygen atoms in total. The van der Waals surface area contributed by atoms with Crippen molar-refractivity contribution in [1.82, 2.24) is 9.62 Å². The standard InChI is InChI=1S/C22H29FN2O4S/c1-16(2)13-21(17-9-11-19(29-3)12-10-17)24-22(26)15-25(30(4,27)28)14-18-7-5-6-8-20(18)23/h5-12,16,21H,13-15H2,1-4H3,(H,24,26)/t21-/m1/s1. The molecule has 0 aliphatic heterocycles. The predicted octanol–water partition coefficient (Wildman–Crippen LogP) is 3.50. The molecule has 1 N–H and O–H groups in total. The van der Waals surface area contributed by atoms with Gasteiger partial charge >= 0.3 is 0 Å². The van der Waals surface area contributed by atoms with E-state index in [-0.39, 0.29) is 18.2 Å². The third-order valence-electron chi connectivity index (χ3n) is 4.65. The number of rotatable bonds is 10. The summed E-state index contributed by atoms with van der Waals surface area (Å²) in [4.78, 5) is 12.7. The van der Waals surface area contributed by atoms with E-state index in [1.807, 2.05) is 38.1 Å². The van der Waals surface area contributed by atoms with Crippen LogP contribution in [-0.2, 0) is 21.4 Å². The Morgan fingerprint density at radius 3 is 2.30 bits per heavy atom. The third-order valence-corrected chi connectivity index (χ3v) is 5.85. The first kappa shape index (κ1) is 23.8. The lowest BCUT2D eigenvalue weighted by molar-refractivity contribution is -0.122. The Morgan fingerprint density at radius 2 is 1.77 bits per heavy atom. The molecule has 164 valence electrons. The summed E-state index contributed by atoms with van der Waals surface area (Å²) in [5, 5.41) is 2.93. The van der Waals surface area contributed by atoms with Crippen LogP contribution >= 0.6 is 0 Å². The van der Waals surface area contributed by atoms with Gasteiger partial charge in [0.2, 0.25) is 15.9 Å². The molecular weight excluding hydrogens is 407 g/mol. The number of halogens is 1. The number of sulfonamides is 1. The van der Waals surface area contributed by atoms with Crippen LogP contribution in [0, 0.1) is 11.7 Å². The van der Waals surface area contributed by atoms with Gasteiger partial charge in [0, 0.05) is 12.1 Å². The molecule has 8 heteroatoms. The summed E-state index contributed by atoms with van der Waals surface area (Å²) in [5.41, 5.74) is 1.11. The Kier molecular flexibility index (Phi) is 8.37. The third kappa shape index (κ3) is 7.11. The SMILES string of the molecule is COc1ccc([C@@H](CC(C)C)NC(=O)CN(Cc2ccccc2F)S(C)(=O)=O)cc1. The molecule has 2 aromatic carbocycles. The molecule has 0 heterocycles. The second kappa shape index (κ2) is 10.5. The smallest absolute Gasteiger partial charge is 0.235 e. The predicted molar refractivity (Wildman–Crippen MR) is 115 cm³/mol. The fourth-order valence-electron chi connectivity index (χ4n) is 3.09. The first-order valence-electron chi connectivity index (χ1n) is 9.72. The first-order valence-corrected chi connectivity index (χ1v) is 11.6. The fraction of sp³-hybridized carbons (Fsp3) is 0.409. The molecule has 2 aromatic rings. The van der Waals surface area contributed by atoms with Gasteiger partial charge in [-0.2, -0.15) is 4.31 Å². The number of carbonyl (C=O) groups excluding carboxylic acids is 1. The molecule has 0 bridgehead atoms. The number of methoxy groups -OCH3 is 1. The number of nitrogens with one attached hydrogen (secondary N) is 1. The van der Waals surface area contributed by atoms with Crippen molar-refractivity contribution in [2.45, 2.75) is 32.9 Å². The van der Waals surface area contributed by atoms with E-state index in [4.69, 9.17) is 4.74 Å². The zero-order valence-corrected chi connectivity index (χ0v) is 18.6. The average Bonchev–Trinajstić information content (AvgIpc) is 2.67. The molecule has 30 heavy (non-hydrogen) atoms. The van der Waals surface area contributed by atoms with Gasteiger partial charge in [-0.05, 0) is 36.1 Å². The zero-order chi connectivity index (χ0) is 22.3. The van der Waals surface area contributed by atoms with Gasteiger partial charge in [-0.15, -0.1) is 0 Å². The van der Waals surface area contributed by atoms with Crippen molar-refractivity contribution < 1.29 is 22.3 Å². The van der Waals surface area contributed by atoms with E-state index < -0.39 is 28.3 Å². The highest BCUT2D eigenvalue weighted by Gasteiger charge is 2.24. The molecule has 0 aliphatic carbocycles. The number of amides is 1. The number of hydrogen-bond donors (Lipinski definition) is 1. The van der Waals surface area contributed by atoms with Crippen LogP contribution in [0.3, 0.4) is 0 Å². The molecule has 0 aromatic heterocycles. The monoisotopic (exact) mass is 436 g/mol. The second-order valence-electron chi connectivity index (χ2n) is 7.65. The summed E-state index contributed by atoms with van der Waals surface area (Å²) in [7, 11) is -2.14. The highest BCUT2D eigenvalue weighted by molar-refractivity contribution is 7.88. The lowest BCUT2D eigenvalue weighted by Crippen LogP contribution is -2.41. The van der Waals surface area contributed by atoms with Gasteiger partial charge in [0.15, 0.2) is 0 Å². The molecule has 0 saturated carbocycles. The Morgan fingerprint density at radius 1 is 1.13 bits per heavy atom. The summed E-state index contributed by atoms with van der Waals surface area (Å²) < 4.78 is 44.5. The maximum absolute atomic E-state index is 14.0. The lowest BCUT2D eigenvalue weighted by Gasteiger charge is -2.24. The van der Waals surface area contributed by atoms with Gasteiger partial charge in [-0.3, -0.25) is 4.79 Å². The topological polar surface area (TPSA) is 75.7 Å². The molecule has 1 amide bonds. The maximum atomic E-state index is 14.0. The van der Waals surface area contributed by atoms with E-state index in [9.17, 15) is 17.6 Å². The molecule has 0 aliphatic rings. The van der Waals surface area contributed by atoms with Crippen LogP contribution in [-0.4, -0.2) is 38.5 Å². The summed E-state index contributed by atoms with van der Waals surface area (Å²) in [6.45, 7) is 3.49. The summed E-state index contributed by atoms with van der Waals surface area (Å²) >= 11 is 0. The van der Waals surface area contributed by atoms with E-state index in [1.165, 1.54) is 18.2 Å². The first-order chi connectivity index (χ1) is 14.1. The highest BCUT2D eigenvalue weighted by atomic mass is 32.2. The molecule has 0 saturated heterocycles. The minimum atomic E-state index is -3.72. The van der Waals surface area contributed by atoms with Gasteiger partial charge in [0.25, 0.3) is 0 Å². The van der Waals surface area contributed by atoms with Gasteiger partial charge < -0.3 is 10.1 Å².